The van der Waals surface area contributed by atoms with Crippen LogP contribution in [0, 0.1) is 6.92 Å². The average Bonchev–Trinajstić information content (AvgIpc) is 3.32. The van der Waals surface area contributed by atoms with Crippen LogP contribution in [-0.4, -0.2) is 39.3 Å². The number of rotatable bonds is 4. The molecular weight excluding hydrogens is 358 g/mol. The van der Waals surface area contributed by atoms with Crippen LogP contribution in [0.2, 0.25) is 0 Å². The first-order chi connectivity index (χ1) is 13.5. The van der Waals surface area contributed by atoms with Gasteiger partial charge in [0.2, 0.25) is 0 Å². The molecule has 1 saturated heterocycles. The van der Waals surface area contributed by atoms with E-state index in [1.165, 1.54) is 6.20 Å². The highest BCUT2D eigenvalue weighted by Gasteiger charge is 2.23. The number of pyridine rings is 1. The van der Waals surface area contributed by atoms with Gasteiger partial charge in [0.1, 0.15) is 6.10 Å². The average molecular weight is 379 g/mol. The summed E-state index contributed by atoms with van der Waals surface area (Å²) in [4.78, 5) is 29.0. The zero-order valence-corrected chi connectivity index (χ0v) is 15.7. The third kappa shape index (κ3) is 3.59. The van der Waals surface area contributed by atoms with Crippen molar-refractivity contribution in [2.45, 2.75) is 25.9 Å². The van der Waals surface area contributed by atoms with E-state index in [1.807, 2.05) is 14.0 Å². The van der Waals surface area contributed by atoms with Crippen LogP contribution >= 0.6 is 0 Å². The van der Waals surface area contributed by atoms with Gasteiger partial charge in [0.15, 0.2) is 5.65 Å². The molecule has 1 atom stereocenters. The molecule has 2 N–H and O–H groups in total. The van der Waals surface area contributed by atoms with Crippen LogP contribution in [0.3, 0.4) is 0 Å². The maximum absolute atomic E-state index is 12.5. The first kappa shape index (κ1) is 18.1. The monoisotopic (exact) mass is 379 g/mol. The molecule has 1 unspecified atom stereocenters. The van der Waals surface area contributed by atoms with E-state index in [-0.39, 0.29) is 17.9 Å². The number of carbonyl (C=O) groups is 2. The maximum atomic E-state index is 12.5. The third-order valence-electron chi connectivity index (χ3n) is 4.76. The molecule has 0 radical (unpaired) electrons. The minimum Gasteiger partial charge on any atom is -0.368 e. The molecule has 0 aliphatic carbocycles. The first-order valence-electron chi connectivity index (χ1n) is 9.14. The molecule has 1 fully saturated rings. The molecule has 3 aromatic rings. The van der Waals surface area contributed by atoms with Gasteiger partial charge in [-0.3, -0.25) is 14.3 Å². The minimum atomic E-state index is -0.377. The molecule has 0 saturated carbocycles. The predicted molar refractivity (Wildman–Crippen MR) is 105 cm³/mol. The van der Waals surface area contributed by atoms with Crippen molar-refractivity contribution < 1.29 is 14.3 Å². The van der Waals surface area contributed by atoms with Crippen molar-refractivity contribution in [3.8, 4) is 0 Å². The van der Waals surface area contributed by atoms with Crippen LogP contribution < -0.4 is 10.6 Å². The summed E-state index contributed by atoms with van der Waals surface area (Å²) < 4.78 is 7.06. The lowest BCUT2D eigenvalue weighted by molar-refractivity contribution is -0.124. The molecule has 1 aliphatic heterocycles. The van der Waals surface area contributed by atoms with E-state index < -0.39 is 0 Å². The van der Waals surface area contributed by atoms with Crippen LogP contribution in [0.5, 0.6) is 0 Å². The number of fused-ring (bicyclic) bond motifs is 1. The Labute approximate surface area is 161 Å². The molecule has 4 rings (SSSR count). The highest BCUT2D eigenvalue weighted by molar-refractivity contribution is 6.06. The van der Waals surface area contributed by atoms with Gasteiger partial charge in [0.25, 0.3) is 11.8 Å². The number of ether oxygens (including phenoxy) is 1. The van der Waals surface area contributed by atoms with Gasteiger partial charge in [-0.05, 0) is 50.1 Å². The van der Waals surface area contributed by atoms with E-state index in [2.05, 4.69) is 20.7 Å². The molecule has 2 amide bonds. The zero-order valence-electron chi connectivity index (χ0n) is 15.7. The Hall–Kier alpha value is -3.26. The first-order valence-corrected chi connectivity index (χ1v) is 9.14. The number of anilines is 2. The second kappa shape index (κ2) is 7.40. The summed E-state index contributed by atoms with van der Waals surface area (Å²) in [5.41, 5.74) is 3.31. The van der Waals surface area contributed by atoms with Crippen molar-refractivity contribution in [3.63, 3.8) is 0 Å². The number of nitrogens with one attached hydrogen (secondary N) is 2. The summed E-state index contributed by atoms with van der Waals surface area (Å²) in [5.74, 6) is -0.394. The number of carbonyl (C=O) groups excluding carboxylic acids is 2. The lowest BCUT2D eigenvalue weighted by atomic mass is 10.2. The van der Waals surface area contributed by atoms with Gasteiger partial charge in [0, 0.05) is 36.6 Å². The van der Waals surface area contributed by atoms with Gasteiger partial charge in [-0.2, -0.15) is 5.10 Å². The quantitative estimate of drug-likeness (QED) is 0.726. The number of amides is 2. The summed E-state index contributed by atoms with van der Waals surface area (Å²) in [6.07, 6.45) is 2.81. The Bertz CT molecular complexity index is 1040. The number of benzene rings is 1. The lowest BCUT2D eigenvalue weighted by Gasteiger charge is -2.11. The highest BCUT2D eigenvalue weighted by Crippen LogP contribution is 2.20. The summed E-state index contributed by atoms with van der Waals surface area (Å²) in [5, 5.41) is 10.8. The number of aromatic nitrogens is 3. The van der Waals surface area contributed by atoms with Gasteiger partial charge in [0.05, 0.1) is 11.3 Å². The molecule has 0 spiro atoms. The SMILES string of the molecule is Cc1nn(C)c2ncc(C(=O)Nc3ccc(NC(=O)C4CCCO4)cc3)cc12. The van der Waals surface area contributed by atoms with Crippen molar-refractivity contribution >= 4 is 34.2 Å². The molecular formula is C20H21N5O3. The van der Waals surface area contributed by atoms with E-state index in [4.69, 9.17) is 4.74 Å². The zero-order chi connectivity index (χ0) is 19.7. The number of aryl methyl sites for hydroxylation is 2. The number of hydrogen-bond donors (Lipinski definition) is 2. The maximum Gasteiger partial charge on any atom is 0.257 e. The fourth-order valence-electron chi connectivity index (χ4n) is 3.28. The van der Waals surface area contributed by atoms with Crippen LogP contribution in [0.15, 0.2) is 36.5 Å². The third-order valence-corrected chi connectivity index (χ3v) is 4.76. The molecule has 8 nitrogen and oxygen atoms in total. The summed E-state index contributed by atoms with van der Waals surface area (Å²) in [7, 11) is 1.82. The van der Waals surface area contributed by atoms with E-state index in [0.717, 1.165) is 29.6 Å². The second-order valence-corrected chi connectivity index (χ2v) is 6.83. The Kier molecular flexibility index (Phi) is 4.79. The van der Waals surface area contributed by atoms with Gasteiger partial charge in [-0.1, -0.05) is 0 Å². The smallest absolute Gasteiger partial charge is 0.257 e. The number of hydrogen-bond acceptors (Lipinski definition) is 5. The Balaban J connectivity index is 1.43. The number of nitrogens with zero attached hydrogens (tertiary/aromatic N) is 3. The topological polar surface area (TPSA) is 98.1 Å². The van der Waals surface area contributed by atoms with Crippen molar-refractivity contribution in [3.05, 3.63) is 47.8 Å². The fraction of sp³-hybridized carbons (Fsp3) is 0.300. The standard InChI is InChI=1S/C20H21N5O3/c1-12-16-10-13(11-21-18(16)25(2)24-12)19(26)22-14-5-7-15(8-6-14)23-20(27)17-4-3-9-28-17/h5-8,10-11,17H,3-4,9H2,1-2H3,(H,22,26)(H,23,27). The summed E-state index contributed by atoms with van der Waals surface area (Å²) >= 11 is 0. The van der Waals surface area contributed by atoms with E-state index >= 15 is 0 Å². The Morgan fingerprint density at radius 2 is 1.89 bits per heavy atom. The Morgan fingerprint density at radius 3 is 2.57 bits per heavy atom. The summed E-state index contributed by atoms with van der Waals surface area (Å²) in [6.45, 7) is 2.51. The van der Waals surface area contributed by atoms with Gasteiger partial charge < -0.3 is 15.4 Å². The molecule has 8 heteroatoms. The van der Waals surface area contributed by atoms with Crippen molar-refractivity contribution in [2.24, 2.45) is 7.05 Å². The van der Waals surface area contributed by atoms with Crippen molar-refractivity contribution in [2.75, 3.05) is 17.2 Å². The van der Waals surface area contributed by atoms with Crippen LogP contribution in [0.1, 0.15) is 28.9 Å². The fourth-order valence-corrected chi connectivity index (χ4v) is 3.28. The largest absolute Gasteiger partial charge is 0.368 e. The van der Waals surface area contributed by atoms with Crippen LogP contribution in [0.4, 0.5) is 11.4 Å². The van der Waals surface area contributed by atoms with Crippen molar-refractivity contribution in [1.29, 1.82) is 0 Å². The molecule has 1 aromatic carbocycles. The molecule has 1 aliphatic rings. The molecule has 3 heterocycles. The normalized spacial score (nSPS) is 16.3. The highest BCUT2D eigenvalue weighted by atomic mass is 16.5. The van der Waals surface area contributed by atoms with Gasteiger partial charge in [-0.15, -0.1) is 0 Å². The predicted octanol–water partition coefficient (Wildman–Crippen LogP) is 2.65. The minimum absolute atomic E-state index is 0.138. The van der Waals surface area contributed by atoms with Gasteiger partial charge >= 0.3 is 0 Å². The summed E-state index contributed by atoms with van der Waals surface area (Å²) in [6, 6.07) is 8.76. The van der Waals surface area contributed by atoms with E-state index in [1.54, 1.807) is 35.0 Å². The van der Waals surface area contributed by atoms with E-state index in [9.17, 15) is 9.59 Å². The van der Waals surface area contributed by atoms with E-state index in [0.29, 0.717) is 23.5 Å². The molecule has 144 valence electrons. The molecule has 2 aromatic heterocycles. The Morgan fingerprint density at radius 1 is 1.18 bits per heavy atom. The molecule has 0 bridgehead atoms. The van der Waals surface area contributed by atoms with Gasteiger partial charge in [-0.25, -0.2) is 4.98 Å². The molecule has 28 heavy (non-hydrogen) atoms. The van der Waals surface area contributed by atoms with Crippen molar-refractivity contribution in [1.82, 2.24) is 14.8 Å². The van der Waals surface area contributed by atoms with Crippen LogP contribution in [-0.2, 0) is 16.6 Å². The lowest BCUT2D eigenvalue weighted by Crippen LogP contribution is -2.26. The van der Waals surface area contributed by atoms with Crippen LogP contribution in [0.25, 0.3) is 11.0 Å². The second-order valence-electron chi connectivity index (χ2n) is 6.83.